The molecule has 12 nitrogen and oxygen atoms in total. The monoisotopic (exact) mass is 680 g/mol. The third-order valence-electron chi connectivity index (χ3n) is 8.88. The van der Waals surface area contributed by atoms with Crippen LogP contribution in [0.4, 0.5) is 9.59 Å². The lowest BCUT2D eigenvalue weighted by Gasteiger charge is -2.27. The first-order valence-corrected chi connectivity index (χ1v) is 17.0. The van der Waals surface area contributed by atoms with Gasteiger partial charge in [0.1, 0.15) is 22.9 Å². The average Bonchev–Trinajstić information content (AvgIpc) is 3.88. The molecule has 0 aliphatic carbocycles. The van der Waals surface area contributed by atoms with E-state index in [0.717, 1.165) is 31.8 Å². The molecule has 50 heavy (non-hydrogen) atoms. The first kappa shape index (κ1) is 34.6. The number of amides is 2. The van der Waals surface area contributed by atoms with Crippen LogP contribution >= 0.6 is 0 Å². The maximum atomic E-state index is 13.1. The highest BCUT2D eigenvalue weighted by Gasteiger charge is 2.37. The van der Waals surface area contributed by atoms with Crippen molar-refractivity contribution in [3.05, 3.63) is 71.6 Å². The van der Waals surface area contributed by atoms with Crippen LogP contribution in [0.15, 0.2) is 48.8 Å². The van der Waals surface area contributed by atoms with Crippen LogP contribution in [-0.4, -0.2) is 78.8 Å². The minimum Gasteiger partial charge on any atom is -0.444 e. The zero-order chi connectivity index (χ0) is 35.8. The van der Waals surface area contributed by atoms with Gasteiger partial charge >= 0.3 is 12.2 Å². The maximum Gasteiger partial charge on any atom is 0.410 e. The summed E-state index contributed by atoms with van der Waals surface area (Å²) in [5.74, 6) is 1.19. The van der Waals surface area contributed by atoms with Gasteiger partial charge in [-0.2, -0.15) is 0 Å². The highest BCUT2D eigenvalue weighted by atomic mass is 16.6. The summed E-state index contributed by atoms with van der Waals surface area (Å²) in [6.45, 7) is 12.1. The summed E-state index contributed by atoms with van der Waals surface area (Å²) >= 11 is 0. The van der Waals surface area contributed by atoms with Gasteiger partial charge < -0.3 is 19.4 Å². The molecule has 2 saturated heterocycles. The predicted molar refractivity (Wildman–Crippen MR) is 188 cm³/mol. The number of H-pyrrole nitrogens is 2. The SMILES string of the molecule is CC(C)(C)OC(=O)N1CCCC1c1ncc(-c2ccc(-c3ccccc3C=O)c(C=O)c2-c2cnc(C3CCCN3C(=O)OC(C)(C)C)[nH]2)[nH]1. The Morgan fingerprint density at radius 3 is 1.78 bits per heavy atom. The van der Waals surface area contributed by atoms with Gasteiger partial charge in [-0.1, -0.05) is 36.4 Å². The Balaban J connectivity index is 1.43. The number of hydrogen-bond donors (Lipinski definition) is 2. The van der Waals surface area contributed by atoms with Crippen LogP contribution in [0, 0.1) is 0 Å². The number of carbonyl (C=O) groups excluding carboxylic acids is 4. The molecule has 2 aliphatic heterocycles. The van der Waals surface area contributed by atoms with E-state index in [2.05, 4.69) is 9.97 Å². The number of nitrogens with one attached hydrogen (secondary N) is 2. The summed E-state index contributed by atoms with van der Waals surface area (Å²) in [6, 6.07) is 10.2. The molecule has 262 valence electrons. The number of likely N-dealkylation sites (tertiary alicyclic amines) is 2. The Hall–Kier alpha value is -5.26. The topological polar surface area (TPSA) is 151 Å². The van der Waals surface area contributed by atoms with Gasteiger partial charge in [0.2, 0.25) is 0 Å². The van der Waals surface area contributed by atoms with Gasteiger partial charge in [-0.15, -0.1) is 0 Å². The molecule has 2 aromatic heterocycles. The van der Waals surface area contributed by atoms with Crippen molar-refractivity contribution in [1.82, 2.24) is 29.7 Å². The second kappa shape index (κ2) is 13.6. The van der Waals surface area contributed by atoms with E-state index in [1.807, 2.05) is 65.8 Å². The Bertz CT molecular complexity index is 1910. The first-order chi connectivity index (χ1) is 23.8. The zero-order valence-electron chi connectivity index (χ0n) is 29.4. The Kier molecular flexibility index (Phi) is 9.39. The minimum atomic E-state index is -0.643. The normalized spacial score (nSPS) is 18.0. The molecule has 4 heterocycles. The number of ether oxygens (including phenoxy) is 2. The van der Waals surface area contributed by atoms with E-state index in [1.165, 1.54) is 0 Å². The molecule has 2 aromatic carbocycles. The van der Waals surface area contributed by atoms with Crippen LogP contribution in [0.25, 0.3) is 33.6 Å². The van der Waals surface area contributed by atoms with E-state index in [-0.39, 0.29) is 12.1 Å². The Morgan fingerprint density at radius 2 is 1.24 bits per heavy atom. The van der Waals surface area contributed by atoms with E-state index in [1.54, 1.807) is 34.3 Å². The van der Waals surface area contributed by atoms with Gasteiger partial charge in [0, 0.05) is 35.3 Å². The molecule has 2 atom stereocenters. The fourth-order valence-corrected chi connectivity index (χ4v) is 6.79. The Morgan fingerprint density at radius 1 is 0.720 bits per heavy atom. The van der Waals surface area contributed by atoms with Gasteiger partial charge in [-0.05, 0) is 78.4 Å². The number of imidazole rings is 2. The highest BCUT2D eigenvalue weighted by Crippen LogP contribution is 2.41. The van der Waals surface area contributed by atoms with Crippen LogP contribution < -0.4 is 0 Å². The van der Waals surface area contributed by atoms with Crippen molar-refractivity contribution >= 4 is 24.8 Å². The van der Waals surface area contributed by atoms with Crippen LogP contribution in [-0.2, 0) is 9.47 Å². The molecule has 2 N–H and O–H groups in total. The fourth-order valence-electron chi connectivity index (χ4n) is 6.79. The molecular weight excluding hydrogens is 636 g/mol. The molecule has 0 radical (unpaired) electrons. The number of nitrogens with zero attached hydrogens (tertiary/aromatic N) is 4. The van der Waals surface area contributed by atoms with Crippen LogP contribution in [0.1, 0.15) is 112 Å². The number of carbonyl (C=O) groups is 4. The van der Waals surface area contributed by atoms with Crippen molar-refractivity contribution < 1.29 is 28.7 Å². The summed E-state index contributed by atoms with van der Waals surface area (Å²) in [5, 5.41) is 0. The van der Waals surface area contributed by atoms with Crippen molar-refractivity contribution in [2.75, 3.05) is 13.1 Å². The van der Waals surface area contributed by atoms with Crippen LogP contribution in [0.2, 0.25) is 0 Å². The summed E-state index contributed by atoms with van der Waals surface area (Å²) in [5.41, 5.74) is 3.16. The largest absolute Gasteiger partial charge is 0.444 e. The van der Waals surface area contributed by atoms with Crippen molar-refractivity contribution in [2.45, 2.75) is 90.5 Å². The fraction of sp³-hybridized carbons (Fsp3) is 0.421. The molecule has 0 bridgehead atoms. The summed E-state index contributed by atoms with van der Waals surface area (Å²) in [6.07, 6.45) is 7.16. The second-order valence-corrected chi connectivity index (χ2v) is 14.8. The van der Waals surface area contributed by atoms with Gasteiger partial charge in [0.15, 0.2) is 12.6 Å². The smallest absolute Gasteiger partial charge is 0.410 e. The van der Waals surface area contributed by atoms with Gasteiger partial charge in [-0.3, -0.25) is 19.4 Å². The average molecular weight is 681 g/mol. The molecule has 0 saturated carbocycles. The van der Waals surface area contributed by atoms with Crippen LogP contribution in [0.3, 0.4) is 0 Å². The number of hydrogen-bond acceptors (Lipinski definition) is 8. The van der Waals surface area contributed by atoms with Gasteiger partial charge in [0.25, 0.3) is 0 Å². The predicted octanol–water partition coefficient (Wildman–Crippen LogP) is 7.90. The number of benzene rings is 2. The summed E-state index contributed by atoms with van der Waals surface area (Å²) < 4.78 is 11.4. The van der Waals surface area contributed by atoms with E-state index >= 15 is 0 Å². The first-order valence-electron chi connectivity index (χ1n) is 17.0. The molecule has 2 amide bonds. The number of aromatic nitrogens is 4. The highest BCUT2D eigenvalue weighted by molar-refractivity contribution is 6.03. The number of aromatic amines is 2. The minimum absolute atomic E-state index is 0.300. The summed E-state index contributed by atoms with van der Waals surface area (Å²) in [4.78, 5) is 71.0. The molecule has 2 aliphatic rings. The quantitative estimate of drug-likeness (QED) is 0.187. The molecule has 2 unspecified atom stereocenters. The Labute approximate surface area is 291 Å². The molecular formula is C38H44N6O6. The third-order valence-corrected chi connectivity index (χ3v) is 8.88. The number of rotatable bonds is 7. The van der Waals surface area contributed by atoms with Gasteiger partial charge in [0.05, 0.1) is 35.9 Å². The zero-order valence-corrected chi connectivity index (χ0v) is 29.4. The van der Waals surface area contributed by atoms with E-state index in [4.69, 9.17) is 19.4 Å². The van der Waals surface area contributed by atoms with Crippen molar-refractivity contribution in [3.63, 3.8) is 0 Å². The van der Waals surface area contributed by atoms with Crippen molar-refractivity contribution in [2.24, 2.45) is 0 Å². The lowest BCUT2D eigenvalue weighted by Crippen LogP contribution is -2.36. The number of aldehydes is 2. The molecule has 2 fully saturated rings. The van der Waals surface area contributed by atoms with E-state index in [9.17, 15) is 19.2 Å². The van der Waals surface area contributed by atoms with Crippen LogP contribution in [0.5, 0.6) is 0 Å². The molecule has 0 spiro atoms. The molecule has 6 rings (SSSR count). The maximum absolute atomic E-state index is 13.1. The van der Waals surface area contributed by atoms with E-state index in [0.29, 0.717) is 75.9 Å². The summed E-state index contributed by atoms with van der Waals surface area (Å²) in [7, 11) is 0. The third kappa shape index (κ3) is 7.05. The lowest BCUT2D eigenvalue weighted by atomic mass is 9.88. The molecule has 12 heteroatoms. The lowest BCUT2D eigenvalue weighted by molar-refractivity contribution is 0.0208. The van der Waals surface area contributed by atoms with Crippen molar-refractivity contribution in [1.29, 1.82) is 0 Å². The molecule has 4 aromatic rings. The second-order valence-electron chi connectivity index (χ2n) is 14.8. The van der Waals surface area contributed by atoms with Gasteiger partial charge in [-0.25, -0.2) is 19.6 Å². The standard InChI is InChI=1S/C38H44N6O6/c1-37(2,3)49-35(47)43-17-9-13-30(43)33-39-19-28(41-33)26-16-15-25(24-12-8-7-11-23(24)21-45)27(22-46)32(26)29-20-40-34(42-29)31-14-10-18-44(31)36(48)50-38(4,5)6/h7-8,11-12,15-16,19-22,30-31H,9-10,13-14,17-18H2,1-6H3,(H,39,41)(H,40,42). The van der Waals surface area contributed by atoms with E-state index < -0.39 is 23.4 Å². The van der Waals surface area contributed by atoms with Crippen molar-refractivity contribution in [3.8, 4) is 33.6 Å².